The van der Waals surface area contributed by atoms with E-state index in [-0.39, 0.29) is 29.7 Å². The molecule has 0 bridgehead atoms. The highest BCUT2D eigenvalue weighted by Gasteiger charge is 2.48. The van der Waals surface area contributed by atoms with Crippen LogP contribution in [0, 0.1) is 11.8 Å². The molecule has 3 nitrogen and oxygen atoms in total. The highest BCUT2D eigenvalue weighted by atomic mass is 16.6. The van der Waals surface area contributed by atoms with Crippen molar-refractivity contribution < 1.29 is 14.3 Å². The minimum Gasteiger partial charge on any atom is -0.462 e. The van der Waals surface area contributed by atoms with Crippen molar-refractivity contribution in [3.8, 4) is 0 Å². The normalized spacial score (nSPS) is 39.5. The topological polar surface area (TPSA) is 43.4 Å². The number of esters is 1. The van der Waals surface area contributed by atoms with Gasteiger partial charge in [0, 0.05) is 18.3 Å². The zero-order chi connectivity index (χ0) is 8.72. The van der Waals surface area contributed by atoms with Crippen LogP contribution in [-0.2, 0) is 14.3 Å². The van der Waals surface area contributed by atoms with Crippen molar-refractivity contribution in [1.82, 2.24) is 0 Å². The molecule has 1 saturated heterocycles. The Kier molecular flexibility index (Phi) is 1.53. The number of hydrogen-bond donors (Lipinski definition) is 0. The summed E-state index contributed by atoms with van der Waals surface area (Å²) in [6.07, 6.45) is 2.24. The summed E-state index contributed by atoms with van der Waals surface area (Å²) in [5.74, 6) is -0.0965. The summed E-state index contributed by atoms with van der Waals surface area (Å²) in [6, 6.07) is 0. The molecule has 0 N–H and O–H groups in total. The van der Waals surface area contributed by atoms with Crippen LogP contribution in [0.2, 0.25) is 0 Å². The molecule has 1 saturated carbocycles. The third-order valence-electron chi connectivity index (χ3n) is 2.65. The maximum Gasteiger partial charge on any atom is 0.306 e. The summed E-state index contributed by atoms with van der Waals surface area (Å²) in [4.78, 5) is 22.1. The number of hydrogen-bond acceptors (Lipinski definition) is 3. The van der Waals surface area contributed by atoms with Crippen LogP contribution in [0.1, 0.15) is 12.8 Å². The quantitative estimate of drug-likeness (QED) is 0.425. The van der Waals surface area contributed by atoms with Crippen LogP contribution in [-0.4, -0.2) is 17.9 Å². The molecule has 1 aliphatic carbocycles. The number of fused-ring (bicyclic) bond motifs is 1. The van der Waals surface area contributed by atoms with Crippen molar-refractivity contribution in [2.24, 2.45) is 11.8 Å². The average Bonchev–Trinajstić information content (AvgIpc) is 2.43. The molecule has 2 aliphatic rings. The lowest BCUT2D eigenvalue weighted by Crippen LogP contribution is -2.13. The van der Waals surface area contributed by atoms with Crippen LogP contribution in [0.5, 0.6) is 0 Å². The second-order valence-electron chi connectivity index (χ2n) is 3.33. The first-order valence-electron chi connectivity index (χ1n) is 4.07. The summed E-state index contributed by atoms with van der Waals surface area (Å²) in [5, 5.41) is 0. The Hall–Kier alpha value is -1.12. The summed E-state index contributed by atoms with van der Waals surface area (Å²) >= 11 is 0. The van der Waals surface area contributed by atoms with E-state index in [1.54, 1.807) is 6.08 Å². The molecular formula is C9H10O3. The van der Waals surface area contributed by atoms with E-state index in [0.717, 1.165) is 0 Å². The second-order valence-corrected chi connectivity index (χ2v) is 3.33. The van der Waals surface area contributed by atoms with Gasteiger partial charge in [-0.1, -0.05) is 6.08 Å². The van der Waals surface area contributed by atoms with Crippen molar-refractivity contribution in [1.29, 1.82) is 0 Å². The molecular weight excluding hydrogens is 156 g/mol. The van der Waals surface area contributed by atoms with Gasteiger partial charge in [0.1, 0.15) is 11.9 Å². The molecule has 0 spiro atoms. The monoisotopic (exact) mass is 166 g/mol. The number of ketones is 1. The molecule has 0 aromatic rings. The first-order valence-corrected chi connectivity index (χ1v) is 4.07. The molecule has 2 rings (SSSR count). The van der Waals surface area contributed by atoms with Gasteiger partial charge in [0.25, 0.3) is 0 Å². The second kappa shape index (κ2) is 2.44. The number of rotatable bonds is 1. The Morgan fingerprint density at radius 3 is 2.83 bits per heavy atom. The Morgan fingerprint density at radius 1 is 1.42 bits per heavy atom. The smallest absolute Gasteiger partial charge is 0.306 e. The minimum atomic E-state index is -0.177. The molecule has 3 heteroatoms. The lowest BCUT2D eigenvalue weighted by atomic mass is 9.93. The largest absolute Gasteiger partial charge is 0.462 e. The fourth-order valence-corrected chi connectivity index (χ4v) is 2.06. The number of carbonyl (C=O) groups is 2. The van der Waals surface area contributed by atoms with Crippen molar-refractivity contribution in [3.05, 3.63) is 12.7 Å². The van der Waals surface area contributed by atoms with Crippen LogP contribution >= 0.6 is 0 Å². The van der Waals surface area contributed by atoms with Gasteiger partial charge in [-0.2, -0.15) is 0 Å². The lowest BCUT2D eigenvalue weighted by molar-refractivity contribution is -0.141. The summed E-state index contributed by atoms with van der Waals surface area (Å²) < 4.78 is 4.98. The van der Waals surface area contributed by atoms with Crippen LogP contribution in [0.4, 0.5) is 0 Å². The highest BCUT2D eigenvalue weighted by Crippen LogP contribution is 2.39. The molecule has 0 aromatic heterocycles. The van der Waals surface area contributed by atoms with E-state index in [4.69, 9.17) is 4.74 Å². The molecule has 2 fully saturated rings. The number of carbonyl (C=O) groups excluding carboxylic acids is 2. The molecule has 0 amide bonds. The van der Waals surface area contributed by atoms with Crippen molar-refractivity contribution >= 4 is 11.8 Å². The van der Waals surface area contributed by atoms with Crippen LogP contribution in [0.25, 0.3) is 0 Å². The van der Waals surface area contributed by atoms with Crippen molar-refractivity contribution in [2.75, 3.05) is 0 Å². The van der Waals surface area contributed by atoms with Crippen molar-refractivity contribution in [3.63, 3.8) is 0 Å². The molecule has 0 radical (unpaired) electrons. The van der Waals surface area contributed by atoms with Gasteiger partial charge in [0.2, 0.25) is 0 Å². The first kappa shape index (κ1) is 7.53. The maximum absolute atomic E-state index is 11.3. The van der Waals surface area contributed by atoms with Crippen LogP contribution < -0.4 is 0 Å². The molecule has 64 valence electrons. The van der Waals surface area contributed by atoms with Crippen molar-refractivity contribution in [2.45, 2.75) is 18.9 Å². The Labute approximate surface area is 70.4 Å². The fourth-order valence-electron chi connectivity index (χ4n) is 2.06. The summed E-state index contributed by atoms with van der Waals surface area (Å²) in [7, 11) is 0. The minimum absolute atomic E-state index is 0.0718. The first-order chi connectivity index (χ1) is 5.72. The van der Waals surface area contributed by atoms with Crippen LogP contribution in [0.15, 0.2) is 12.7 Å². The van der Waals surface area contributed by atoms with Gasteiger partial charge in [0.15, 0.2) is 0 Å². The van der Waals surface area contributed by atoms with E-state index in [9.17, 15) is 9.59 Å². The zero-order valence-corrected chi connectivity index (χ0v) is 6.66. The Bertz CT molecular complexity index is 256. The highest BCUT2D eigenvalue weighted by molar-refractivity contribution is 5.88. The van der Waals surface area contributed by atoms with E-state index < -0.39 is 0 Å². The molecule has 1 unspecified atom stereocenters. The van der Waals surface area contributed by atoms with Gasteiger partial charge in [-0.15, -0.1) is 6.58 Å². The van der Waals surface area contributed by atoms with E-state index in [1.165, 1.54) is 0 Å². The summed E-state index contributed by atoms with van der Waals surface area (Å²) in [6.45, 7) is 3.59. The van der Waals surface area contributed by atoms with Crippen LogP contribution in [0.3, 0.4) is 0 Å². The van der Waals surface area contributed by atoms with Gasteiger partial charge in [0.05, 0.1) is 6.42 Å². The van der Waals surface area contributed by atoms with Gasteiger partial charge in [-0.05, 0) is 0 Å². The molecule has 12 heavy (non-hydrogen) atoms. The lowest BCUT2D eigenvalue weighted by Gasteiger charge is -2.08. The van der Waals surface area contributed by atoms with Gasteiger partial charge in [-0.3, -0.25) is 9.59 Å². The molecule has 3 atom stereocenters. The standard InChI is InChI=1S/C9H10O3/c1-2-5-6-3-9(11)12-8(6)4-7(5)10/h2,5-6,8H,1,3-4H2/t5?,6-,8+/m1/s1. The van der Waals surface area contributed by atoms with E-state index >= 15 is 0 Å². The predicted octanol–water partition coefficient (Wildman–Crippen LogP) is 0.693. The molecule has 1 aliphatic heterocycles. The fraction of sp³-hybridized carbons (Fsp3) is 0.556. The van der Waals surface area contributed by atoms with E-state index in [1.807, 2.05) is 0 Å². The third kappa shape index (κ3) is 0.891. The SMILES string of the molecule is C=CC1C(=O)C[C@@H]2OC(=O)C[C@H]12. The van der Waals surface area contributed by atoms with E-state index in [2.05, 4.69) is 6.58 Å². The Balaban J connectivity index is 2.22. The third-order valence-corrected chi connectivity index (χ3v) is 2.65. The average molecular weight is 166 g/mol. The van der Waals surface area contributed by atoms with Gasteiger partial charge >= 0.3 is 5.97 Å². The summed E-state index contributed by atoms with van der Waals surface area (Å²) in [5.41, 5.74) is 0. The van der Waals surface area contributed by atoms with Gasteiger partial charge in [-0.25, -0.2) is 0 Å². The number of Topliss-reactive ketones (excluding diaryl/α,β-unsaturated/α-hetero) is 1. The molecule has 0 aromatic carbocycles. The zero-order valence-electron chi connectivity index (χ0n) is 6.66. The molecule has 1 heterocycles. The number of allylic oxidation sites excluding steroid dienone is 1. The van der Waals surface area contributed by atoms with Gasteiger partial charge < -0.3 is 4.74 Å². The Morgan fingerprint density at radius 2 is 2.17 bits per heavy atom. The van der Waals surface area contributed by atoms with E-state index in [0.29, 0.717) is 12.8 Å². The predicted molar refractivity (Wildman–Crippen MR) is 41.3 cm³/mol. The maximum atomic E-state index is 11.3. The number of ether oxygens (including phenoxy) is 1.